The number of benzene rings is 2. The van der Waals surface area contributed by atoms with Crippen molar-refractivity contribution in [3.8, 4) is 28.8 Å². The molecule has 27 heavy (non-hydrogen) atoms. The van der Waals surface area contributed by atoms with Crippen molar-refractivity contribution in [2.75, 3.05) is 14.2 Å². The molecule has 0 N–H and O–H groups in total. The number of methoxy groups -OCH3 is 2. The second kappa shape index (κ2) is 8.07. The summed E-state index contributed by atoms with van der Waals surface area (Å²) in [6, 6.07) is 14.0. The molecule has 0 fully saturated rings. The highest BCUT2D eigenvalue weighted by Gasteiger charge is 2.12. The highest BCUT2D eigenvalue weighted by Crippen LogP contribution is 2.31. The third kappa shape index (κ3) is 4.02. The number of hydrogen-bond donors (Lipinski definition) is 0. The highest BCUT2D eigenvalue weighted by atomic mass is 32.1. The van der Waals surface area contributed by atoms with E-state index in [0.717, 1.165) is 16.8 Å². The van der Waals surface area contributed by atoms with E-state index in [1.165, 1.54) is 22.5 Å². The molecule has 136 valence electrons. The van der Waals surface area contributed by atoms with Crippen LogP contribution in [0.25, 0.3) is 22.9 Å². The van der Waals surface area contributed by atoms with Gasteiger partial charge in [0.15, 0.2) is 0 Å². The largest absolute Gasteiger partial charge is 0.497 e. The molecule has 0 atom stereocenters. The van der Waals surface area contributed by atoms with Gasteiger partial charge >= 0.3 is 0 Å². The van der Waals surface area contributed by atoms with Gasteiger partial charge in [-0.15, -0.1) is 11.3 Å². The van der Waals surface area contributed by atoms with Crippen LogP contribution in [0.1, 0.15) is 21.7 Å². The summed E-state index contributed by atoms with van der Waals surface area (Å²) in [4.78, 5) is 4.67. The quantitative estimate of drug-likeness (QED) is 0.551. The van der Waals surface area contributed by atoms with E-state index >= 15 is 0 Å². The van der Waals surface area contributed by atoms with Crippen LogP contribution in [0.5, 0.6) is 11.5 Å². The van der Waals surface area contributed by atoms with Crippen LogP contribution in [0.3, 0.4) is 0 Å². The normalized spacial score (nSPS) is 11.1. The first-order chi connectivity index (χ1) is 13.0. The van der Waals surface area contributed by atoms with Gasteiger partial charge in [-0.3, -0.25) is 0 Å². The van der Waals surface area contributed by atoms with Gasteiger partial charge in [-0.05, 0) is 55.3 Å². The maximum Gasteiger partial charge on any atom is 0.134 e. The lowest BCUT2D eigenvalue weighted by atomic mass is 10.0. The summed E-state index contributed by atoms with van der Waals surface area (Å²) in [5, 5.41) is 12.3. The lowest BCUT2D eigenvalue weighted by molar-refractivity contribution is 0.402. The van der Waals surface area contributed by atoms with Gasteiger partial charge in [0, 0.05) is 16.5 Å². The maximum atomic E-state index is 9.67. The second-order valence-corrected chi connectivity index (χ2v) is 6.97. The van der Waals surface area contributed by atoms with Gasteiger partial charge in [0.1, 0.15) is 22.6 Å². The lowest BCUT2D eigenvalue weighted by Gasteiger charge is -2.07. The van der Waals surface area contributed by atoms with Crippen LogP contribution in [0.4, 0.5) is 0 Å². The van der Waals surface area contributed by atoms with E-state index in [-0.39, 0.29) is 0 Å². The average molecular weight is 376 g/mol. The van der Waals surface area contributed by atoms with Gasteiger partial charge in [-0.25, -0.2) is 4.98 Å². The molecule has 3 rings (SSSR count). The van der Waals surface area contributed by atoms with Crippen molar-refractivity contribution in [2.24, 2.45) is 0 Å². The molecule has 2 aromatic carbocycles. The van der Waals surface area contributed by atoms with Gasteiger partial charge in [-0.1, -0.05) is 12.1 Å². The molecule has 0 saturated heterocycles. The summed E-state index contributed by atoms with van der Waals surface area (Å²) in [6.45, 7) is 4.17. The van der Waals surface area contributed by atoms with E-state index in [1.807, 2.05) is 23.6 Å². The fourth-order valence-electron chi connectivity index (χ4n) is 2.68. The van der Waals surface area contributed by atoms with Crippen LogP contribution in [-0.2, 0) is 0 Å². The van der Waals surface area contributed by atoms with Crippen molar-refractivity contribution in [3.63, 3.8) is 0 Å². The van der Waals surface area contributed by atoms with Crippen LogP contribution in [-0.4, -0.2) is 19.2 Å². The molecule has 0 aliphatic rings. The third-order valence-corrected chi connectivity index (χ3v) is 5.27. The molecule has 4 nitrogen and oxygen atoms in total. The Balaban J connectivity index is 2.00. The first kappa shape index (κ1) is 18.7. The van der Waals surface area contributed by atoms with Crippen LogP contribution >= 0.6 is 11.3 Å². The van der Waals surface area contributed by atoms with E-state index in [2.05, 4.69) is 43.1 Å². The Morgan fingerprint density at radius 3 is 2.56 bits per heavy atom. The fraction of sp³-hybridized carbons (Fsp3) is 0.182. The summed E-state index contributed by atoms with van der Waals surface area (Å²) in [6.07, 6.45) is 1.78. The number of nitrogens with zero attached hydrogens (tertiary/aromatic N) is 2. The maximum absolute atomic E-state index is 9.67. The molecular weight excluding hydrogens is 356 g/mol. The number of rotatable bonds is 5. The Bertz CT molecular complexity index is 1040. The molecule has 0 aliphatic heterocycles. The number of nitriles is 1. The smallest absolute Gasteiger partial charge is 0.134 e. The summed E-state index contributed by atoms with van der Waals surface area (Å²) in [5.41, 5.74) is 5.66. The van der Waals surface area contributed by atoms with Crippen molar-refractivity contribution < 1.29 is 9.47 Å². The van der Waals surface area contributed by atoms with Crippen LogP contribution < -0.4 is 9.47 Å². The molecule has 5 heteroatoms. The fourth-order valence-corrected chi connectivity index (χ4v) is 3.47. The van der Waals surface area contributed by atoms with Crippen molar-refractivity contribution in [1.29, 1.82) is 5.26 Å². The van der Waals surface area contributed by atoms with E-state index in [0.29, 0.717) is 22.1 Å². The molecule has 3 aromatic rings. The summed E-state index contributed by atoms with van der Waals surface area (Å²) < 4.78 is 10.7. The molecule has 1 heterocycles. The minimum Gasteiger partial charge on any atom is -0.497 e. The topological polar surface area (TPSA) is 55.1 Å². The molecule has 0 aliphatic carbocycles. The number of allylic oxidation sites excluding steroid dienone is 1. The van der Waals surface area contributed by atoms with Gasteiger partial charge in [0.2, 0.25) is 0 Å². The molecule has 0 saturated carbocycles. The van der Waals surface area contributed by atoms with Crippen molar-refractivity contribution in [1.82, 2.24) is 4.98 Å². The second-order valence-electron chi connectivity index (χ2n) is 6.11. The number of aromatic nitrogens is 1. The van der Waals surface area contributed by atoms with Crippen LogP contribution in [0.2, 0.25) is 0 Å². The first-order valence-corrected chi connectivity index (χ1v) is 9.31. The Hall–Kier alpha value is -3.10. The Labute approximate surface area is 163 Å². The van der Waals surface area contributed by atoms with Crippen molar-refractivity contribution >= 4 is 23.0 Å². The van der Waals surface area contributed by atoms with Crippen molar-refractivity contribution in [3.05, 3.63) is 63.5 Å². The van der Waals surface area contributed by atoms with E-state index in [4.69, 9.17) is 9.47 Å². The van der Waals surface area contributed by atoms with Gasteiger partial charge in [0.05, 0.1) is 25.5 Å². The Morgan fingerprint density at radius 1 is 1.07 bits per heavy atom. The molecule has 0 amide bonds. The zero-order valence-corrected chi connectivity index (χ0v) is 16.6. The molecule has 0 spiro atoms. The predicted octanol–water partition coefficient (Wildman–Crippen LogP) is 5.51. The Morgan fingerprint density at radius 2 is 1.89 bits per heavy atom. The standard InChI is InChI=1S/C22H20N2O2S/c1-14-5-6-16(9-15(14)2)20-13-27-22(24-20)18(12-23)10-17-11-19(25-3)7-8-21(17)26-4/h5-11,13H,1-4H3/b18-10+. The predicted molar refractivity (Wildman–Crippen MR) is 110 cm³/mol. The van der Waals surface area contributed by atoms with Crippen LogP contribution in [0, 0.1) is 25.2 Å². The molecule has 0 bridgehead atoms. The SMILES string of the molecule is COc1ccc(OC)c(/C=C(\C#N)c2nc(-c3ccc(C)c(C)c3)cs2)c1. The summed E-state index contributed by atoms with van der Waals surface area (Å²) in [7, 11) is 3.21. The zero-order chi connectivity index (χ0) is 19.4. The average Bonchev–Trinajstić information content (AvgIpc) is 3.18. The molecular formula is C22H20N2O2S. The highest BCUT2D eigenvalue weighted by molar-refractivity contribution is 7.11. The van der Waals surface area contributed by atoms with Gasteiger partial charge < -0.3 is 9.47 Å². The van der Waals surface area contributed by atoms with Crippen LogP contribution in [0.15, 0.2) is 41.8 Å². The van der Waals surface area contributed by atoms with E-state index < -0.39 is 0 Å². The third-order valence-electron chi connectivity index (χ3n) is 4.39. The summed E-state index contributed by atoms with van der Waals surface area (Å²) >= 11 is 1.46. The number of aryl methyl sites for hydroxylation is 2. The zero-order valence-electron chi connectivity index (χ0n) is 15.7. The number of hydrogen-bond acceptors (Lipinski definition) is 5. The van der Waals surface area contributed by atoms with E-state index in [1.54, 1.807) is 20.3 Å². The number of ether oxygens (including phenoxy) is 2. The van der Waals surface area contributed by atoms with Gasteiger partial charge in [0.25, 0.3) is 0 Å². The molecule has 0 radical (unpaired) electrons. The monoisotopic (exact) mass is 376 g/mol. The number of thiazole rings is 1. The first-order valence-electron chi connectivity index (χ1n) is 8.43. The van der Waals surface area contributed by atoms with Crippen molar-refractivity contribution in [2.45, 2.75) is 13.8 Å². The lowest BCUT2D eigenvalue weighted by Crippen LogP contribution is -1.90. The van der Waals surface area contributed by atoms with E-state index in [9.17, 15) is 5.26 Å². The molecule has 0 unspecified atom stereocenters. The Kier molecular flexibility index (Phi) is 5.58. The minimum absolute atomic E-state index is 0.488. The van der Waals surface area contributed by atoms with Gasteiger partial charge in [-0.2, -0.15) is 5.26 Å². The molecule has 1 aromatic heterocycles. The minimum atomic E-state index is 0.488. The summed E-state index contributed by atoms with van der Waals surface area (Å²) in [5.74, 6) is 1.38.